The van der Waals surface area contributed by atoms with Gasteiger partial charge >= 0.3 is 0 Å². The summed E-state index contributed by atoms with van der Waals surface area (Å²) in [7, 11) is 0. The van der Waals surface area contributed by atoms with Crippen molar-refractivity contribution in [1.82, 2.24) is 0 Å². The van der Waals surface area contributed by atoms with Gasteiger partial charge in [0.05, 0.1) is 0 Å². The van der Waals surface area contributed by atoms with E-state index in [4.69, 9.17) is 4.74 Å². The molecule has 0 saturated carbocycles. The van der Waals surface area contributed by atoms with Gasteiger partial charge in [-0.05, 0) is 55.5 Å². The van der Waals surface area contributed by atoms with Gasteiger partial charge in [-0.2, -0.15) is 0 Å². The molecule has 2 atom stereocenters. The lowest BCUT2D eigenvalue weighted by Gasteiger charge is -2.25. The number of hydrogen-bond donors (Lipinski definition) is 1. The minimum atomic E-state index is -0.661. The summed E-state index contributed by atoms with van der Waals surface area (Å²) < 4.78 is 5.82. The molecule has 2 aromatic rings. The van der Waals surface area contributed by atoms with E-state index in [-0.39, 0.29) is 6.10 Å². The van der Waals surface area contributed by atoms with Crippen molar-refractivity contribution in [1.29, 1.82) is 0 Å². The summed E-state index contributed by atoms with van der Waals surface area (Å²) in [6.07, 6.45) is -0.997. The van der Waals surface area contributed by atoms with Crippen molar-refractivity contribution >= 4 is 0 Å². The number of aryl methyl sites for hydroxylation is 3. The monoisotopic (exact) mass is 284 g/mol. The molecule has 0 radical (unpaired) electrons. The Labute approximate surface area is 127 Å². The number of benzene rings is 2. The summed E-state index contributed by atoms with van der Waals surface area (Å²) >= 11 is 0. The molecule has 2 heteroatoms. The van der Waals surface area contributed by atoms with Gasteiger partial charge < -0.3 is 9.84 Å². The summed E-state index contributed by atoms with van der Waals surface area (Å²) in [5.74, 6) is 0. The van der Waals surface area contributed by atoms with Crippen LogP contribution in [0.2, 0.25) is 0 Å². The van der Waals surface area contributed by atoms with Gasteiger partial charge in [-0.1, -0.05) is 42.5 Å². The first-order valence-corrected chi connectivity index (χ1v) is 7.47. The van der Waals surface area contributed by atoms with E-state index >= 15 is 0 Å². The normalized spacial score (nSPS) is 14.0. The maximum atomic E-state index is 10.8. The smallest absolute Gasteiger partial charge is 0.113 e. The first kappa shape index (κ1) is 15.7. The Morgan fingerprint density at radius 3 is 2.19 bits per heavy atom. The lowest BCUT2D eigenvalue weighted by Crippen LogP contribution is -2.16. The molecule has 0 fully saturated rings. The van der Waals surface area contributed by atoms with Crippen LogP contribution in [0.4, 0.5) is 0 Å². The van der Waals surface area contributed by atoms with E-state index < -0.39 is 6.10 Å². The molecule has 0 amide bonds. The van der Waals surface area contributed by atoms with Crippen molar-refractivity contribution in [3.05, 3.63) is 70.3 Å². The first-order chi connectivity index (χ1) is 10.0. The molecule has 0 aliphatic heterocycles. The highest BCUT2D eigenvalue weighted by atomic mass is 16.5. The molecule has 21 heavy (non-hydrogen) atoms. The highest BCUT2D eigenvalue weighted by molar-refractivity contribution is 5.39. The van der Waals surface area contributed by atoms with Crippen molar-refractivity contribution in [2.24, 2.45) is 0 Å². The number of ether oxygens (including phenoxy) is 1. The summed E-state index contributed by atoms with van der Waals surface area (Å²) in [6, 6.07) is 14.1. The van der Waals surface area contributed by atoms with Gasteiger partial charge in [-0.15, -0.1) is 0 Å². The largest absolute Gasteiger partial charge is 0.385 e. The standard InChI is InChI=1S/C19H24O2/c1-5-21-19(16-9-7-6-8-10-16)18(20)17-12-14(3)13(2)11-15(17)4/h6-12,18-20H,5H2,1-4H3. The van der Waals surface area contributed by atoms with Crippen LogP contribution in [0, 0.1) is 20.8 Å². The van der Waals surface area contributed by atoms with Crippen LogP contribution in [0.5, 0.6) is 0 Å². The number of aliphatic hydroxyl groups is 1. The molecule has 0 bridgehead atoms. The SMILES string of the molecule is CCOC(c1ccccc1)C(O)c1cc(C)c(C)cc1C. The van der Waals surface area contributed by atoms with Crippen molar-refractivity contribution in [2.75, 3.05) is 6.61 Å². The lowest BCUT2D eigenvalue weighted by atomic mass is 9.92. The third-order valence-corrected chi connectivity index (χ3v) is 3.96. The van der Waals surface area contributed by atoms with Gasteiger partial charge in [0, 0.05) is 6.61 Å². The topological polar surface area (TPSA) is 29.5 Å². The van der Waals surface area contributed by atoms with Gasteiger partial charge in [0.25, 0.3) is 0 Å². The third-order valence-electron chi connectivity index (χ3n) is 3.96. The summed E-state index contributed by atoms with van der Waals surface area (Å²) in [4.78, 5) is 0. The molecule has 2 nitrogen and oxygen atoms in total. The van der Waals surface area contributed by atoms with Crippen LogP contribution in [0.3, 0.4) is 0 Å². The van der Waals surface area contributed by atoms with E-state index in [9.17, 15) is 5.11 Å². The Bertz CT molecular complexity index is 590. The second-order valence-electron chi connectivity index (χ2n) is 5.52. The fourth-order valence-electron chi connectivity index (χ4n) is 2.66. The van der Waals surface area contributed by atoms with E-state index in [0.29, 0.717) is 6.61 Å². The van der Waals surface area contributed by atoms with Crippen LogP contribution < -0.4 is 0 Å². The van der Waals surface area contributed by atoms with Crippen molar-refractivity contribution in [3.8, 4) is 0 Å². The Morgan fingerprint density at radius 1 is 0.952 bits per heavy atom. The van der Waals surface area contributed by atoms with Crippen LogP contribution in [-0.2, 0) is 4.74 Å². The maximum absolute atomic E-state index is 10.8. The van der Waals surface area contributed by atoms with E-state index in [1.54, 1.807) is 0 Å². The minimum Gasteiger partial charge on any atom is -0.385 e. The van der Waals surface area contributed by atoms with Crippen LogP contribution in [0.15, 0.2) is 42.5 Å². The molecule has 2 unspecified atom stereocenters. The number of hydrogen-bond acceptors (Lipinski definition) is 2. The fourth-order valence-corrected chi connectivity index (χ4v) is 2.66. The molecular weight excluding hydrogens is 260 g/mol. The van der Waals surface area contributed by atoms with E-state index in [0.717, 1.165) is 16.7 Å². The average Bonchev–Trinajstić information content (AvgIpc) is 2.49. The molecule has 0 aliphatic carbocycles. The van der Waals surface area contributed by atoms with Crippen LogP contribution in [0.25, 0.3) is 0 Å². The average molecular weight is 284 g/mol. The highest BCUT2D eigenvalue weighted by Crippen LogP contribution is 2.34. The second kappa shape index (κ2) is 6.88. The quantitative estimate of drug-likeness (QED) is 0.880. The molecule has 0 heterocycles. The zero-order valence-corrected chi connectivity index (χ0v) is 13.3. The Hall–Kier alpha value is -1.64. The molecular formula is C19H24O2. The van der Waals surface area contributed by atoms with Crippen molar-refractivity contribution < 1.29 is 9.84 Å². The predicted octanol–water partition coefficient (Wildman–Crippen LogP) is 4.42. The van der Waals surface area contributed by atoms with Gasteiger partial charge in [0.1, 0.15) is 12.2 Å². The zero-order chi connectivity index (χ0) is 15.4. The molecule has 0 spiro atoms. The molecule has 0 aromatic heterocycles. The molecule has 0 saturated heterocycles. The molecule has 2 aromatic carbocycles. The lowest BCUT2D eigenvalue weighted by molar-refractivity contribution is -0.0364. The first-order valence-electron chi connectivity index (χ1n) is 7.47. The summed E-state index contributed by atoms with van der Waals surface area (Å²) in [5.41, 5.74) is 5.49. The number of rotatable bonds is 5. The van der Waals surface area contributed by atoms with E-state index in [1.165, 1.54) is 11.1 Å². The highest BCUT2D eigenvalue weighted by Gasteiger charge is 2.24. The maximum Gasteiger partial charge on any atom is 0.113 e. The minimum absolute atomic E-state index is 0.336. The molecule has 112 valence electrons. The Kier molecular flexibility index (Phi) is 5.16. The van der Waals surface area contributed by atoms with E-state index in [2.05, 4.69) is 26.0 Å². The second-order valence-corrected chi connectivity index (χ2v) is 5.52. The Balaban J connectivity index is 2.39. The van der Waals surface area contributed by atoms with Crippen molar-refractivity contribution in [2.45, 2.75) is 39.9 Å². The van der Waals surface area contributed by atoms with Gasteiger partial charge in [0.15, 0.2) is 0 Å². The third kappa shape index (κ3) is 3.52. The fraction of sp³-hybridized carbons (Fsp3) is 0.368. The van der Waals surface area contributed by atoms with Gasteiger partial charge in [-0.25, -0.2) is 0 Å². The van der Waals surface area contributed by atoms with Crippen molar-refractivity contribution in [3.63, 3.8) is 0 Å². The molecule has 1 N–H and O–H groups in total. The zero-order valence-electron chi connectivity index (χ0n) is 13.3. The summed E-state index contributed by atoms with van der Waals surface area (Å²) in [5, 5.41) is 10.8. The Morgan fingerprint density at radius 2 is 1.57 bits per heavy atom. The predicted molar refractivity (Wildman–Crippen MR) is 86.4 cm³/mol. The van der Waals surface area contributed by atoms with Crippen LogP contribution >= 0.6 is 0 Å². The number of aliphatic hydroxyl groups excluding tert-OH is 1. The molecule has 2 rings (SSSR count). The van der Waals surface area contributed by atoms with Crippen LogP contribution in [-0.4, -0.2) is 11.7 Å². The van der Waals surface area contributed by atoms with E-state index in [1.807, 2.05) is 44.2 Å². The van der Waals surface area contributed by atoms with Crippen LogP contribution in [0.1, 0.15) is 46.9 Å². The summed E-state index contributed by atoms with van der Waals surface area (Å²) in [6.45, 7) is 8.73. The molecule has 0 aliphatic rings. The van der Waals surface area contributed by atoms with Gasteiger partial charge in [0.2, 0.25) is 0 Å². The van der Waals surface area contributed by atoms with Gasteiger partial charge in [-0.3, -0.25) is 0 Å².